The molecule has 0 spiro atoms. The molecule has 0 heterocycles. The lowest BCUT2D eigenvalue weighted by atomic mass is 10.1. The van der Waals surface area contributed by atoms with Gasteiger partial charge in [-0.2, -0.15) is 0 Å². The lowest BCUT2D eigenvalue weighted by molar-refractivity contribution is 0.415. The molecule has 0 aliphatic rings. The Morgan fingerprint density at radius 3 is 2.11 bits per heavy atom. The van der Waals surface area contributed by atoms with Crippen molar-refractivity contribution < 1.29 is 4.74 Å². The molecule has 2 aromatic carbocycles. The lowest BCUT2D eigenvalue weighted by Gasteiger charge is -2.09. The summed E-state index contributed by atoms with van der Waals surface area (Å²) in [7, 11) is 1.58. The quantitative estimate of drug-likeness (QED) is 0.618. The first-order chi connectivity index (χ1) is 8.51. The molecule has 0 aromatic heterocycles. The van der Waals surface area contributed by atoms with Gasteiger partial charge in [-0.1, -0.05) is 46.4 Å². The molecule has 0 fully saturated rings. The third kappa shape index (κ3) is 2.86. The van der Waals surface area contributed by atoms with Gasteiger partial charge in [0.15, 0.2) is 0 Å². The molecule has 94 valence electrons. The van der Waals surface area contributed by atoms with Crippen LogP contribution in [-0.2, 0) is 0 Å². The Balaban J connectivity index is 2.61. The average molecular weight is 322 g/mol. The van der Waals surface area contributed by atoms with Gasteiger partial charge in [-0.25, -0.2) is 0 Å². The van der Waals surface area contributed by atoms with Crippen molar-refractivity contribution in [3.8, 4) is 16.9 Å². The number of hydrogen-bond donors (Lipinski definition) is 0. The molecule has 0 radical (unpaired) electrons. The van der Waals surface area contributed by atoms with Crippen LogP contribution in [0.2, 0.25) is 20.1 Å². The summed E-state index contributed by atoms with van der Waals surface area (Å²) < 4.78 is 5.16. The molecule has 0 aliphatic heterocycles. The van der Waals surface area contributed by atoms with Crippen molar-refractivity contribution in [1.29, 1.82) is 0 Å². The van der Waals surface area contributed by atoms with Gasteiger partial charge in [-0.15, -0.1) is 0 Å². The Kier molecular flexibility index (Phi) is 4.29. The standard InChI is InChI=1S/C13H8Cl4O/c1-18-9-3-7(2-8(14)4-9)10-5-12(16)13(17)6-11(10)15/h2-6H,1H3. The van der Waals surface area contributed by atoms with Gasteiger partial charge >= 0.3 is 0 Å². The van der Waals surface area contributed by atoms with E-state index in [1.165, 1.54) is 0 Å². The number of ether oxygens (including phenoxy) is 1. The molecule has 0 aliphatic carbocycles. The highest BCUT2D eigenvalue weighted by molar-refractivity contribution is 6.44. The predicted octanol–water partition coefficient (Wildman–Crippen LogP) is 5.98. The second kappa shape index (κ2) is 5.58. The summed E-state index contributed by atoms with van der Waals surface area (Å²) >= 11 is 24.1. The average Bonchev–Trinajstić information content (AvgIpc) is 2.33. The van der Waals surface area contributed by atoms with E-state index < -0.39 is 0 Å². The number of methoxy groups -OCH3 is 1. The molecule has 5 heteroatoms. The Morgan fingerprint density at radius 2 is 1.44 bits per heavy atom. The minimum absolute atomic E-state index is 0.416. The van der Waals surface area contributed by atoms with E-state index in [4.69, 9.17) is 51.1 Å². The normalized spacial score (nSPS) is 10.5. The SMILES string of the molecule is COc1cc(Cl)cc(-c2cc(Cl)c(Cl)cc2Cl)c1. The van der Waals surface area contributed by atoms with Crippen molar-refractivity contribution in [3.63, 3.8) is 0 Å². The van der Waals surface area contributed by atoms with Crippen LogP contribution in [-0.4, -0.2) is 7.11 Å². The summed E-state index contributed by atoms with van der Waals surface area (Å²) in [6.07, 6.45) is 0. The van der Waals surface area contributed by atoms with Gasteiger partial charge in [0.2, 0.25) is 0 Å². The van der Waals surface area contributed by atoms with Gasteiger partial charge < -0.3 is 4.74 Å². The van der Waals surface area contributed by atoms with E-state index in [1.807, 2.05) is 6.07 Å². The summed E-state index contributed by atoms with van der Waals surface area (Å²) in [6, 6.07) is 8.65. The van der Waals surface area contributed by atoms with Gasteiger partial charge in [0.1, 0.15) is 5.75 Å². The van der Waals surface area contributed by atoms with E-state index in [1.54, 1.807) is 31.4 Å². The number of halogens is 4. The van der Waals surface area contributed by atoms with Gasteiger partial charge in [-0.05, 0) is 35.9 Å². The maximum Gasteiger partial charge on any atom is 0.120 e. The predicted molar refractivity (Wildman–Crippen MR) is 78.5 cm³/mol. The van der Waals surface area contributed by atoms with Gasteiger partial charge in [0.05, 0.1) is 17.2 Å². The Bertz CT molecular complexity index is 596. The second-order valence-corrected chi connectivity index (χ2v) is 5.28. The van der Waals surface area contributed by atoms with Crippen LogP contribution in [0.4, 0.5) is 0 Å². The highest BCUT2D eigenvalue weighted by atomic mass is 35.5. The third-order valence-corrected chi connectivity index (χ3v) is 3.68. The third-order valence-electron chi connectivity index (χ3n) is 2.43. The van der Waals surface area contributed by atoms with Gasteiger partial charge in [0, 0.05) is 15.6 Å². The van der Waals surface area contributed by atoms with E-state index >= 15 is 0 Å². The lowest BCUT2D eigenvalue weighted by Crippen LogP contribution is -1.86. The first-order valence-electron chi connectivity index (χ1n) is 5.01. The van der Waals surface area contributed by atoms with Crippen molar-refractivity contribution in [2.24, 2.45) is 0 Å². The van der Waals surface area contributed by atoms with Crippen LogP contribution >= 0.6 is 46.4 Å². The summed E-state index contributed by atoms with van der Waals surface area (Å²) in [5, 5.41) is 1.93. The molecule has 2 rings (SSSR count). The zero-order chi connectivity index (χ0) is 13.3. The highest BCUT2D eigenvalue weighted by Crippen LogP contribution is 2.37. The smallest absolute Gasteiger partial charge is 0.120 e. The Morgan fingerprint density at radius 1 is 0.778 bits per heavy atom. The van der Waals surface area contributed by atoms with Crippen molar-refractivity contribution >= 4 is 46.4 Å². The molecule has 0 saturated carbocycles. The molecular formula is C13H8Cl4O. The molecule has 0 N–H and O–H groups in total. The molecule has 0 atom stereocenters. The first kappa shape index (κ1) is 13.8. The fraction of sp³-hybridized carbons (Fsp3) is 0.0769. The van der Waals surface area contributed by atoms with Crippen LogP contribution in [0, 0.1) is 0 Å². The van der Waals surface area contributed by atoms with E-state index in [0.29, 0.717) is 25.8 Å². The van der Waals surface area contributed by atoms with Gasteiger partial charge in [0.25, 0.3) is 0 Å². The zero-order valence-electron chi connectivity index (χ0n) is 9.31. The fourth-order valence-electron chi connectivity index (χ4n) is 1.58. The van der Waals surface area contributed by atoms with Crippen molar-refractivity contribution in [2.45, 2.75) is 0 Å². The molecule has 0 amide bonds. The van der Waals surface area contributed by atoms with Crippen LogP contribution in [0.5, 0.6) is 5.75 Å². The zero-order valence-corrected chi connectivity index (χ0v) is 12.3. The maximum atomic E-state index is 6.16. The highest BCUT2D eigenvalue weighted by Gasteiger charge is 2.10. The largest absolute Gasteiger partial charge is 0.497 e. The fourth-order valence-corrected chi connectivity index (χ4v) is 2.46. The van der Waals surface area contributed by atoms with Crippen LogP contribution in [0.3, 0.4) is 0 Å². The van der Waals surface area contributed by atoms with E-state index in [0.717, 1.165) is 11.1 Å². The monoisotopic (exact) mass is 320 g/mol. The molecule has 18 heavy (non-hydrogen) atoms. The Labute approximate surface area is 125 Å². The minimum Gasteiger partial charge on any atom is -0.497 e. The van der Waals surface area contributed by atoms with Gasteiger partial charge in [-0.3, -0.25) is 0 Å². The van der Waals surface area contributed by atoms with Crippen LogP contribution < -0.4 is 4.74 Å². The summed E-state index contributed by atoms with van der Waals surface area (Å²) in [5.74, 6) is 0.652. The molecule has 0 bridgehead atoms. The Hall–Kier alpha value is -0.600. The number of rotatable bonds is 2. The van der Waals surface area contributed by atoms with Crippen molar-refractivity contribution in [3.05, 3.63) is 50.4 Å². The summed E-state index contributed by atoms with van der Waals surface area (Å²) in [4.78, 5) is 0. The first-order valence-corrected chi connectivity index (χ1v) is 6.52. The maximum absolute atomic E-state index is 6.16. The van der Waals surface area contributed by atoms with Crippen LogP contribution in [0.1, 0.15) is 0 Å². The molecule has 1 nitrogen and oxygen atoms in total. The van der Waals surface area contributed by atoms with E-state index in [2.05, 4.69) is 0 Å². The number of benzene rings is 2. The topological polar surface area (TPSA) is 9.23 Å². The van der Waals surface area contributed by atoms with E-state index in [9.17, 15) is 0 Å². The van der Waals surface area contributed by atoms with Crippen molar-refractivity contribution in [1.82, 2.24) is 0 Å². The summed E-state index contributed by atoms with van der Waals surface area (Å²) in [5.41, 5.74) is 1.58. The minimum atomic E-state index is 0.416. The molecule has 2 aromatic rings. The van der Waals surface area contributed by atoms with Crippen LogP contribution in [0.15, 0.2) is 30.3 Å². The van der Waals surface area contributed by atoms with Crippen molar-refractivity contribution in [2.75, 3.05) is 7.11 Å². The molecule has 0 saturated heterocycles. The molecular weight excluding hydrogens is 314 g/mol. The molecule has 0 unspecified atom stereocenters. The summed E-state index contributed by atoms with van der Waals surface area (Å²) in [6.45, 7) is 0. The number of hydrogen-bond acceptors (Lipinski definition) is 1. The van der Waals surface area contributed by atoms with Crippen LogP contribution in [0.25, 0.3) is 11.1 Å². The van der Waals surface area contributed by atoms with E-state index in [-0.39, 0.29) is 0 Å². The second-order valence-electron chi connectivity index (χ2n) is 3.63.